The maximum Gasteiger partial charge on any atom is 0.279 e. The molecule has 0 radical (unpaired) electrons. The number of hydrogen-bond donors (Lipinski definition) is 0. The molecule has 2 atom stereocenters. The molecule has 2 saturated carbocycles. The van der Waals surface area contributed by atoms with Crippen LogP contribution < -0.4 is 10.5 Å². The number of rotatable bonds is 4. The first-order chi connectivity index (χ1) is 17.0. The van der Waals surface area contributed by atoms with E-state index in [1.165, 1.54) is 36.0 Å². The summed E-state index contributed by atoms with van der Waals surface area (Å²) in [6.45, 7) is 8.78. The number of aromatic nitrogens is 3. The topological polar surface area (TPSA) is 55.4 Å². The van der Waals surface area contributed by atoms with Gasteiger partial charge >= 0.3 is 0 Å². The molecule has 6 rings (SSSR count). The number of fused-ring (bicyclic) bond motifs is 1. The predicted octanol–water partition coefficient (Wildman–Crippen LogP) is 6.14. The second-order valence-electron chi connectivity index (χ2n) is 9.89. The highest BCUT2D eigenvalue weighted by atomic mass is 35.5. The van der Waals surface area contributed by atoms with Gasteiger partial charge in [-0.05, 0) is 55.7 Å². The summed E-state index contributed by atoms with van der Waals surface area (Å²) in [7, 11) is 0. The molecule has 0 spiro atoms. The standard InChI is InChI=1S/C27H25ClFN5O/c1-30-23-9-7-18(13-21(23)29)25-32-26(33-12-11-16-3-2-4-19(16)15-33)24(28)27(35)34(25)20-8-10-22(31-14-20)17-5-6-17/h7-10,13-14,16-17,19H,2-6,11-12,15H2. The van der Waals surface area contributed by atoms with Crippen LogP contribution >= 0.6 is 11.6 Å². The number of halogens is 2. The van der Waals surface area contributed by atoms with E-state index in [-0.39, 0.29) is 10.7 Å². The van der Waals surface area contributed by atoms with Gasteiger partial charge in [0.2, 0.25) is 5.69 Å². The Bertz CT molecular complexity index is 1390. The van der Waals surface area contributed by atoms with Gasteiger partial charge in [-0.25, -0.2) is 14.2 Å². The largest absolute Gasteiger partial charge is 0.355 e. The van der Waals surface area contributed by atoms with Crippen LogP contribution in [0.4, 0.5) is 15.9 Å². The molecule has 35 heavy (non-hydrogen) atoms. The van der Waals surface area contributed by atoms with Gasteiger partial charge in [0, 0.05) is 30.3 Å². The van der Waals surface area contributed by atoms with Crippen molar-refractivity contribution in [2.75, 3.05) is 18.0 Å². The molecule has 2 unspecified atom stereocenters. The monoisotopic (exact) mass is 489 g/mol. The van der Waals surface area contributed by atoms with Gasteiger partial charge in [0.1, 0.15) is 16.7 Å². The molecule has 2 aromatic heterocycles. The minimum atomic E-state index is -0.649. The quantitative estimate of drug-likeness (QED) is 0.413. The molecular formula is C27H25ClFN5O. The maximum atomic E-state index is 14.6. The molecule has 1 aromatic carbocycles. The lowest BCUT2D eigenvalue weighted by atomic mass is 9.89. The number of hydrogen-bond acceptors (Lipinski definition) is 4. The van der Waals surface area contributed by atoms with Gasteiger partial charge < -0.3 is 4.90 Å². The number of benzene rings is 1. The number of nitrogens with zero attached hydrogens (tertiary/aromatic N) is 5. The van der Waals surface area contributed by atoms with Gasteiger partial charge in [-0.1, -0.05) is 36.6 Å². The van der Waals surface area contributed by atoms with E-state index >= 15 is 0 Å². The summed E-state index contributed by atoms with van der Waals surface area (Å²) >= 11 is 6.68. The molecule has 178 valence electrons. The van der Waals surface area contributed by atoms with Crippen LogP contribution in [0.25, 0.3) is 21.9 Å². The highest BCUT2D eigenvalue weighted by molar-refractivity contribution is 6.32. The third-order valence-electron chi connectivity index (χ3n) is 7.70. The molecule has 0 amide bonds. The third kappa shape index (κ3) is 4.00. The number of anilines is 1. The zero-order chi connectivity index (χ0) is 24.1. The van der Waals surface area contributed by atoms with Crippen molar-refractivity contribution in [1.29, 1.82) is 0 Å². The van der Waals surface area contributed by atoms with Gasteiger partial charge in [0.15, 0.2) is 5.82 Å². The lowest BCUT2D eigenvalue weighted by Gasteiger charge is -2.36. The van der Waals surface area contributed by atoms with Crippen molar-refractivity contribution in [3.63, 3.8) is 0 Å². The molecule has 3 aromatic rings. The fourth-order valence-electron chi connectivity index (χ4n) is 5.64. The van der Waals surface area contributed by atoms with E-state index in [1.807, 2.05) is 12.1 Å². The summed E-state index contributed by atoms with van der Waals surface area (Å²) in [5.74, 6) is 1.89. The van der Waals surface area contributed by atoms with Crippen molar-refractivity contribution >= 4 is 23.1 Å². The van der Waals surface area contributed by atoms with Crippen molar-refractivity contribution in [3.8, 4) is 17.1 Å². The van der Waals surface area contributed by atoms with Crippen LogP contribution in [0.2, 0.25) is 5.02 Å². The molecule has 1 saturated heterocycles. The molecule has 3 heterocycles. The molecule has 0 N–H and O–H groups in total. The van der Waals surface area contributed by atoms with Crippen molar-refractivity contribution < 1.29 is 4.39 Å². The van der Waals surface area contributed by atoms with E-state index in [9.17, 15) is 9.18 Å². The van der Waals surface area contributed by atoms with Gasteiger partial charge in [-0.3, -0.25) is 14.3 Å². The van der Waals surface area contributed by atoms with Gasteiger partial charge in [0.25, 0.3) is 5.56 Å². The Morgan fingerprint density at radius 3 is 2.63 bits per heavy atom. The molecule has 3 aliphatic rings. The van der Waals surface area contributed by atoms with E-state index in [0.29, 0.717) is 34.7 Å². The molecule has 8 heteroatoms. The van der Waals surface area contributed by atoms with E-state index in [1.54, 1.807) is 12.3 Å². The Kier molecular flexibility index (Phi) is 5.57. The van der Waals surface area contributed by atoms with Crippen molar-refractivity contribution in [1.82, 2.24) is 14.5 Å². The lowest BCUT2D eigenvalue weighted by Crippen LogP contribution is -2.40. The Balaban J connectivity index is 1.49. The van der Waals surface area contributed by atoms with Crippen LogP contribution in [0.15, 0.2) is 41.3 Å². The van der Waals surface area contributed by atoms with Crippen LogP contribution in [0.1, 0.15) is 50.1 Å². The maximum absolute atomic E-state index is 14.6. The Hall–Kier alpha value is -3.24. The van der Waals surface area contributed by atoms with Crippen LogP contribution in [0.5, 0.6) is 0 Å². The van der Waals surface area contributed by atoms with Crippen molar-refractivity contribution in [3.05, 3.63) is 74.8 Å². The minimum Gasteiger partial charge on any atom is -0.355 e. The average Bonchev–Trinajstić information content (AvgIpc) is 3.62. The molecule has 0 bridgehead atoms. The SMILES string of the molecule is [C-]#[N+]c1ccc(-c2nc(N3CCC4CCCC4C3)c(Cl)c(=O)n2-c2ccc(C3CC3)nc2)cc1F. The molecule has 2 aliphatic carbocycles. The normalized spacial score (nSPS) is 21.6. The third-order valence-corrected chi connectivity index (χ3v) is 8.03. The van der Waals surface area contributed by atoms with E-state index < -0.39 is 11.4 Å². The van der Waals surface area contributed by atoms with Crippen LogP contribution in [-0.4, -0.2) is 27.6 Å². The van der Waals surface area contributed by atoms with Crippen LogP contribution in [-0.2, 0) is 0 Å². The molecular weight excluding hydrogens is 465 g/mol. The Labute approximate surface area is 208 Å². The van der Waals surface area contributed by atoms with Crippen LogP contribution in [0, 0.1) is 24.2 Å². The van der Waals surface area contributed by atoms with E-state index in [0.717, 1.165) is 44.0 Å². The second kappa shape index (κ2) is 8.76. The highest BCUT2D eigenvalue weighted by Crippen LogP contribution is 2.41. The summed E-state index contributed by atoms with van der Waals surface area (Å²) < 4.78 is 16.0. The smallest absolute Gasteiger partial charge is 0.279 e. The van der Waals surface area contributed by atoms with Gasteiger partial charge in [-0.2, -0.15) is 0 Å². The lowest BCUT2D eigenvalue weighted by molar-refractivity contribution is 0.322. The van der Waals surface area contributed by atoms with E-state index in [4.69, 9.17) is 23.2 Å². The fraction of sp³-hybridized carbons (Fsp3) is 0.407. The summed E-state index contributed by atoms with van der Waals surface area (Å²) in [5, 5.41) is 0.0646. The summed E-state index contributed by atoms with van der Waals surface area (Å²) in [6.07, 6.45) is 8.67. The molecule has 6 nitrogen and oxygen atoms in total. The zero-order valence-corrected chi connectivity index (χ0v) is 20.0. The van der Waals surface area contributed by atoms with Gasteiger partial charge in [0.05, 0.1) is 18.5 Å². The zero-order valence-electron chi connectivity index (χ0n) is 19.3. The Morgan fingerprint density at radius 1 is 1.09 bits per heavy atom. The predicted molar refractivity (Wildman–Crippen MR) is 134 cm³/mol. The first-order valence-corrected chi connectivity index (χ1v) is 12.6. The first-order valence-electron chi connectivity index (χ1n) is 12.2. The van der Waals surface area contributed by atoms with Crippen molar-refractivity contribution in [2.24, 2.45) is 11.8 Å². The minimum absolute atomic E-state index is 0.0646. The summed E-state index contributed by atoms with van der Waals surface area (Å²) in [6, 6.07) is 8.08. The molecule has 1 aliphatic heterocycles. The highest BCUT2D eigenvalue weighted by Gasteiger charge is 2.35. The van der Waals surface area contributed by atoms with Crippen molar-refractivity contribution in [2.45, 2.75) is 44.4 Å². The number of pyridine rings is 1. The first kappa shape index (κ1) is 22.2. The van der Waals surface area contributed by atoms with Crippen LogP contribution in [0.3, 0.4) is 0 Å². The Morgan fingerprint density at radius 2 is 1.91 bits per heavy atom. The summed E-state index contributed by atoms with van der Waals surface area (Å²) in [5.41, 5.74) is 1.46. The average molecular weight is 490 g/mol. The number of piperidine rings is 1. The summed E-state index contributed by atoms with van der Waals surface area (Å²) in [4.78, 5) is 28.4. The van der Waals surface area contributed by atoms with E-state index in [2.05, 4.69) is 14.7 Å². The second-order valence-corrected chi connectivity index (χ2v) is 10.3. The molecule has 3 fully saturated rings. The fourth-order valence-corrected chi connectivity index (χ4v) is 5.89. The van der Waals surface area contributed by atoms with Gasteiger partial charge in [-0.15, -0.1) is 0 Å².